The summed E-state index contributed by atoms with van der Waals surface area (Å²) >= 11 is 0. The minimum atomic E-state index is 0.0115. The molecule has 0 bridgehead atoms. The molecule has 0 aliphatic rings. The standard InChI is InChI=1S/C35H65FN/c1-3-5-7-9-11-13-14-15-16-17-18-19-20-21-22-23-25-27-30-34-31-29-33-37(35(34)36)32-28-26-24-12-10-8-6-4-2/h29,31,33H,3-28,30,32H2,1-2H3/q+1. The zero-order chi connectivity index (χ0) is 26.7. The molecule has 0 aliphatic carbocycles. The molecule has 0 atom stereocenters. The van der Waals surface area contributed by atoms with Crippen LogP contribution in [0.3, 0.4) is 0 Å². The third kappa shape index (κ3) is 20.7. The molecule has 1 aromatic heterocycles. The Bertz CT molecular complexity index is 599. The maximum absolute atomic E-state index is 14.9. The molecule has 0 spiro atoms. The average Bonchev–Trinajstić information content (AvgIpc) is 2.91. The van der Waals surface area contributed by atoms with Crippen LogP contribution in [0.5, 0.6) is 0 Å². The molecule has 0 aliphatic heterocycles. The molecule has 1 heterocycles. The Kier molecular flexibility index (Phi) is 24.6. The van der Waals surface area contributed by atoms with Gasteiger partial charge in [0.1, 0.15) is 0 Å². The Hall–Kier alpha value is -0.920. The van der Waals surface area contributed by atoms with Crippen LogP contribution in [0.2, 0.25) is 0 Å². The lowest BCUT2D eigenvalue weighted by atomic mass is 10.0. The van der Waals surface area contributed by atoms with Crippen molar-refractivity contribution in [2.45, 2.75) is 194 Å². The van der Waals surface area contributed by atoms with E-state index in [2.05, 4.69) is 13.8 Å². The molecule has 0 fully saturated rings. The maximum atomic E-state index is 14.9. The van der Waals surface area contributed by atoms with E-state index in [1.807, 2.05) is 22.9 Å². The van der Waals surface area contributed by atoms with Gasteiger partial charge in [-0.15, -0.1) is 4.39 Å². The van der Waals surface area contributed by atoms with Gasteiger partial charge in [-0.2, -0.15) is 4.57 Å². The Balaban J connectivity index is 1.92. The van der Waals surface area contributed by atoms with Crippen molar-refractivity contribution in [1.82, 2.24) is 0 Å². The van der Waals surface area contributed by atoms with E-state index in [1.165, 1.54) is 154 Å². The van der Waals surface area contributed by atoms with Crippen LogP contribution in [0.1, 0.15) is 186 Å². The predicted octanol–water partition coefficient (Wildman–Crippen LogP) is 11.8. The van der Waals surface area contributed by atoms with Crippen LogP contribution in [0, 0.1) is 5.95 Å². The summed E-state index contributed by atoms with van der Waals surface area (Å²) in [5, 5.41) is 0. The second kappa shape index (κ2) is 26.7. The number of pyridine rings is 1. The summed E-state index contributed by atoms with van der Waals surface area (Å²) in [6.45, 7) is 5.39. The second-order valence-electron chi connectivity index (χ2n) is 11.8. The molecule has 0 aromatic carbocycles. The van der Waals surface area contributed by atoms with E-state index in [-0.39, 0.29) is 5.95 Å². The summed E-state index contributed by atoms with van der Waals surface area (Å²) < 4.78 is 16.7. The maximum Gasteiger partial charge on any atom is 0.362 e. The van der Waals surface area contributed by atoms with Crippen molar-refractivity contribution in [3.8, 4) is 0 Å². The number of aryl methyl sites for hydroxylation is 2. The highest BCUT2D eigenvalue weighted by Gasteiger charge is 2.14. The van der Waals surface area contributed by atoms with E-state index < -0.39 is 0 Å². The second-order valence-corrected chi connectivity index (χ2v) is 11.8. The van der Waals surface area contributed by atoms with Crippen molar-refractivity contribution in [3.05, 3.63) is 29.8 Å². The number of unbranched alkanes of at least 4 members (excludes halogenated alkanes) is 24. The molecule has 0 saturated heterocycles. The smallest absolute Gasteiger partial charge is 0.174 e. The van der Waals surface area contributed by atoms with Crippen molar-refractivity contribution in [2.75, 3.05) is 0 Å². The van der Waals surface area contributed by atoms with Crippen LogP contribution in [0.15, 0.2) is 18.3 Å². The van der Waals surface area contributed by atoms with Crippen molar-refractivity contribution in [2.24, 2.45) is 0 Å². The SMILES string of the molecule is CCCCCCCCCCCCCCCCCCCCc1ccc[n+](CCCCCCCCCC)c1F. The van der Waals surface area contributed by atoms with Crippen molar-refractivity contribution in [3.63, 3.8) is 0 Å². The van der Waals surface area contributed by atoms with Gasteiger partial charge < -0.3 is 0 Å². The van der Waals surface area contributed by atoms with Crippen LogP contribution in [0.4, 0.5) is 4.39 Å². The number of hydrogen-bond donors (Lipinski definition) is 0. The summed E-state index contributed by atoms with van der Waals surface area (Å²) in [5.74, 6) is 0.0115. The molecular weight excluding hydrogens is 453 g/mol. The normalized spacial score (nSPS) is 11.4. The van der Waals surface area contributed by atoms with Gasteiger partial charge in [-0.05, 0) is 25.3 Å². The molecule has 0 N–H and O–H groups in total. The predicted molar refractivity (Wildman–Crippen MR) is 162 cm³/mol. The minimum absolute atomic E-state index is 0.0115. The molecule has 2 heteroatoms. The molecule has 1 aromatic rings. The van der Waals surface area contributed by atoms with E-state index in [4.69, 9.17) is 0 Å². The van der Waals surface area contributed by atoms with Crippen LogP contribution >= 0.6 is 0 Å². The van der Waals surface area contributed by atoms with Gasteiger partial charge >= 0.3 is 5.95 Å². The third-order valence-corrected chi connectivity index (χ3v) is 8.13. The van der Waals surface area contributed by atoms with Crippen molar-refractivity contribution < 1.29 is 8.96 Å². The summed E-state index contributed by atoms with van der Waals surface area (Å²) in [5.41, 5.74) is 0.915. The van der Waals surface area contributed by atoms with Gasteiger partial charge in [0.2, 0.25) is 0 Å². The average molecular weight is 519 g/mol. The fourth-order valence-electron chi connectivity index (χ4n) is 5.57. The van der Waals surface area contributed by atoms with Crippen molar-refractivity contribution >= 4 is 0 Å². The first-order chi connectivity index (χ1) is 18.3. The lowest BCUT2D eigenvalue weighted by Crippen LogP contribution is -2.38. The molecule has 1 rings (SSSR count). The summed E-state index contributed by atoms with van der Waals surface area (Å²) in [4.78, 5) is 0. The highest BCUT2D eigenvalue weighted by molar-refractivity contribution is 5.07. The van der Waals surface area contributed by atoms with Gasteiger partial charge in [0.25, 0.3) is 0 Å². The highest BCUT2D eigenvalue weighted by atomic mass is 19.1. The molecule has 0 unspecified atom stereocenters. The fraction of sp³-hybridized carbons (Fsp3) is 0.857. The van der Waals surface area contributed by atoms with Gasteiger partial charge in [-0.3, -0.25) is 0 Å². The Labute approximate surface area is 232 Å². The van der Waals surface area contributed by atoms with E-state index in [9.17, 15) is 4.39 Å². The van der Waals surface area contributed by atoms with Crippen LogP contribution < -0.4 is 4.57 Å². The van der Waals surface area contributed by atoms with Crippen LogP contribution in [-0.4, -0.2) is 0 Å². The Morgan fingerprint density at radius 1 is 0.486 bits per heavy atom. The van der Waals surface area contributed by atoms with Gasteiger partial charge in [-0.1, -0.05) is 162 Å². The van der Waals surface area contributed by atoms with E-state index in [0.717, 1.165) is 31.4 Å². The van der Waals surface area contributed by atoms with Gasteiger partial charge in [-0.25, -0.2) is 0 Å². The monoisotopic (exact) mass is 519 g/mol. The number of halogens is 1. The first-order valence-corrected chi connectivity index (χ1v) is 17.0. The highest BCUT2D eigenvalue weighted by Crippen LogP contribution is 2.15. The topological polar surface area (TPSA) is 3.88 Å². The molecule has 37 heavy (non-hydrogen) atoms. The largest absolute Gasteiger partial charge is 0.362 e. The number of aromatic nitrogens is 1. The summed E-state index contributed by atoms with van der Waals surface area (Å²) in [6, 6.07) is 4.03. The first kappa shape index (κ1) is 34.1. The Morgan fingerprint density at radius 3 is 1.24 bits per heavy atom. The molecule has 0 radical (unpaired) electrons. The van der Waals surface area contributed by atoms with E-state index in [1.54, 1.807) is 0 Å². The quantitative estimate of drug-likeness (QED) is 0.0590. The summed E-state index contributed by atoms with van der Waals surface area (Å²) in [6.07, 6.45) is 38.3. The van der Waals surface area contributed by atoms with E-state index >= 15 is 0 Å². The minimum Gasteiger partial charge on any atom is -0.174 e. The lowest BCUT2D eigenvalue weighted by Gasteiger charge is -2.05. The zero-order valence-electron chi connectivity index (χ0n) is 25.4. The molecule has 0 amide bonds. The summed E-state index contributed by atoms with van der Waals surface area (Å²) in [7, 11) is 0. The van der Waals surface area contributed by atoms with Gasteiger partial charge in [0.15, 0.2) is 12.7 Å². The molecular formula is C35H65FN+. The molecule has 1 nitrogen and oxygen atoms in total. The fourth-order valence-corrected chi connectivity index (χ4v) is 5.57. The lowest BCUT2D eigenvalue weighted by molar-refractivity contribution is -0.724. The van der Waals surface area contributed by atoms with Crippen LogP contribution in [-0.2, 0) is 13.0 Å². The molecule has 216 valence electrons. The molecule has 0 saturated carbocycles. The zero-order valence-corrected chi connectivity index (χ0v) is 25.4. The van der Waals surface area contributed by atoms with Crippen LogP contribution in [0.25, 0.3) is 0 Å². The first-order valence-electron chi connectivity index (χ1n) is 17.0. The van der Waals surface area contributed by atoms with Gasteiger partial charge in [0, 0.05) is 12.5 Å². The third-order valence-electron chi connectivity index (χ3n) is 8.13. The Morgan fingerprint density at radius 2 is 0.838 bits per heavy atom. The van der Waals surface area contributed by atoms with E-state index in [0.29, 0.717) is 0 Å². The number of hydrogen-bond acceptors (Lipinski definition) is 0. The number of nitrogens with zero attached hydrogens (tertiary/aromatic N) is 1. The number of rotatable bonds is 28. The van der Waals surface area contributed by atoms with Gasteiger partial charge in [0.05, 0.1) is 5.56 Å². The van der Waals surface area contributed by atoms with Crippen molar-refractivity contribution in [1.29, 1.82) is 0 Å².